The van der Waals surface area contributed by atoms with E-state index in [-0.39, 0.29) is 50.8 Å². The van der Waals surface area contributed by atoms with Gasteiger partial charge in [0.2, 0.25) is 5.95 Å². The van der Waals surface area contributed by atoms with E-state index in [1.165, 1.54) is 17.1 Å². The standard InChI is InChI=1S/C20H16ClFN10O/c21-12-4-9(22)3-10-15(12)29-18(32(19(10)33)13-6-26-7-27-13)14(8-1-2-8)28-17-11(5-23)16(24)30-20(25)31-17/h3-4,6-8,14H,1-2H2,(H,26,27)(H5,24,25,28,30,31). The number of rotatable bonds is 5. The molecule has 0 bridgehead atoms. The maximum Gasteiger partial charge on any atom is 0.267 e. The first-order valence-corrected chi connectivity index (χ1v) is 10.2. The topological polar surface area (TPSA) is 177 Å². The Bertz CT molecular complexity index is 1490. The van der Waals surface area contributed by atoms with Crippen LogP contribution in [0.25, 0.3) is 16.7 Å². The molecule has 0 saturated heterocycles. The minimum Gasteiger partial charge on any atom is -0.382 e. The second-order valence-corrected chi connectivity index (χ2v) is 8.00. The SMILES string of the molecule is N#Cc1c(N)nc(N)nc1NC(c1nc2c(Cl)cc(F)cc2c(=O)n1-c1cnc[nH]1)C1CC1. The number of nitrogens with two attached hydrogens (primary N) is 2. The largest absolute Gasteiger partial charge is 0.382 e. The number of hydrogen-bond acceptors (Lipinski definition) is 9. The van der Waals surface area contributed by atoms with E-state index in [0.717, 1.165) is 25.0 Å². The minimum atomic E-state index is -0.655. The quantitative estimate of drug-likeness (QED) is 0.343. The lowest BCUT2D eigenvalue weighted by Crippen LogP contribution is -2.30. The maximum absolute atomic E-state index is 14.0. The number of hydrogen-bond donors (Lipinski definition) is 4. The van der Waals surface area contributed by atoms with E-state index >= 15 is 0 Å². The van der Waals surface area contributed by atoms with Crippen molar-refractivity contribution in [1.82, 2.24) is 29.5 Å². The first-order chi connectivity index (χ1) is 15.9. The van der Waals surface area contributed by atoms with Crippen LogP contribution in [0.2, 0.25) is 5.02 Å². The van der Waals surface area contributed by atoms with Crippen LogP contribution in [-0.2, 0) is 0 Å². The maximum atomic E-state index is 14.0. The highest BCUT2D eigenvalue weighted by atomic mass is 35.5. The molecule has 3 heterocycles. The molecule has 0 aliphatic heterocycles. The first-order valence-electron chi connectivity index (χ1n) is 9.87. The first kappa shape index (κ1) is 20.7. The zero-order chi connectivity index (χ0) is 23.3. The molecule has 0 radical (unpaired) electrons. The lowest BCUT2D eigenvalue weighted by Gasteiger charge is -2.23. The van der Waals surface area contributed by atoms with Gasteiger partial charge in [-0.2, -0.15) is 15.2 Å². The molecule has 1 unspecified atom stereocenters. The number of imidazole rings is 1. The fraction of sp³-hybridized carbons (Fsp3) is 0.200. The van der Waals surface area contributed by atoms with Crippen LogP contribution >= 0.6 is 11.6 Å². The molecule has 1 aromatic carbocycles. The summed E-state index contributed by atoms with van der Waals surface area (Å²) in [7, 11) is 0. The highest BCUT2D eigenvalue weighted by Crippen LogP contribution is 2.43. The van der Waals surface area contributed by atoms with Crippen molar-refractivity contribution in [2.75, 3.05) is 16.8 Å². The number of fused-ring (bicyclic) bond motifs is 1. The number of benzene rings is 1. The number of aromatic amines is 1. The van der Waals surface area contributed by atoms with E-state index in [2.05, 4.69) is 30.2 Å². The number of halogens is 2. The summed E-state index contributed by atoms with van der Waals surface area (Å²) in [6.07, 6.45) is 4.53. The van der Waals surface area contributed by atoms with Crippen molar-refractivity contribution in [3.8, 4) is 11.9 Å². The average Bonchev–Trinajstić information content (AvgIpc) is 3.46. The van der Waals surface area contributed by atoms with Crippen LogP contribution in [0.1, 0.15) is 30.3 Å². The summed E-state index contributed by atoms with van der Waals surface area (Å²) < 4.78 is 15.3. The molecule has 11 nitrogen and oxygen atoms in total. The summed E-state index contributed by atoms with van der Waals surface area (Å²) in [6, 6.07) is 3.58. The fourth-order valence-corrected chi connectivity index (χ4v) is 3.97. The van der Waals surface area contributed by atoms with Gasteiger partial charge in [0.15, 0.2) is 5.82 Å². The van der Waals surface area contributed by atoms with E-state index in [4.69, 9.17) is 23.1 Å². The number of H-pyrrole nitrogens is 1. The molecular weight excluding hydrogens is 451 g/mol. The molecule has 3 aromatic heterocycles. The Morgan fingerprint density at radius 1 is 1.30 bits per heavy atom. The molecule has 4 aromatic rings. The molecule has 1 fully saturated rings. The summed E-state index contributed by atoms with van der Waals surface area (Å²) >= 11 is 6.24. The Morgan fingerprint density at radius 3 is 2.76 bits per heavy atom. The van der Waals surface area contributed by atoms with Crippen LogP contribution in [-0.4, -0.2) is 29.5 Å². The van der Waals surface area contributed by atoms with E-state index < -0.39 is 17.4 Å². The van der Waals surface area contributed by atoms with Crippen molar-refractivity contribution in [1.29, 1.82) is 5.26 Å². The van der Waals surface area contributed by atoms with Gasteiger partial charge in [0.25, 0.3) is 5.56 Å². The number of anilines is 3. The molecule has 1 aliphatic rings. The molecule has 5 rings (SSSR count). The van der Waals surface area contributed by atoms with Gasteiger partial charge in [0, 0.05) is 0 Å². The summed E-state index contributed by atoms with van der Waals surface area (Å²) in [5.74, 6) is -0.0380. The summed E-state index contributed by atoms with van der Waals surface area (Å²) in [5.41, 5.74) is 11.2. The smallest absolute Gasteiger partial charge is 0.267 e. The summed E-state index contributed by atoms with van der Waals surface area (Å²) in [6.45, 7) is 0. The van der Waals surface area contributed by atoms with Crippen LogP contribution in [0.5, 0.6) is 0 Å². The Balaban J connectivity index is 1.77. The molecule has 1 saturated carbocycles. The molecule has 1 aliphatic carbocycles. The van der Waals surface area contributed by atoms with Gasteiger partial charge in [-0.15, -0.1) is 0 Å². The van der Waals surface area contributed by atoms with Crippen molar-refractivity contribution in [3.63, 3.8) is 0 Å². The minimum absolute atomic E-state index is 0.00268. The Hall–Kier alpha value is -4.24. The van der Waals surface area contributed by atoms with Crippen molar-refractivity contribution in [2.24, 2.45) is 5.92 Å². The van der Waals surface area contributed by atoms with Gasteiger partial charge in [-0.05, 0) is 30.9 Å². The predicted octanol–water partition coefficient (Wildman–Crippen LogP) is 2.29. The van der Waals surface area contributed by atoms with Gasteiger partial charge in [-0.25, -0.2) is 18.9 Å². The monoisotopic (exact) mass is 466 g/mol. The Morgan fingerprint density at radius 2 is 2.09 bits per heavy atom. The molecule has 0 spiro atoms. The van der Waals surface area contributed by atoms with Gasteiger partial charge < -0.3 is 21.8 Å². The predicted molar refractivity (Wildman–Crippen MR) is 119 cm³/mol. The van der Waals surface area contributed by atoms with E-state index in [1.807, 2.05) is 6.07 Å². The molecule has 13 heteroatoms. The third-order valence-corrected chi connectivity index (χ3v) is 5.66. The zero-order valence-electron chi connectivity index (χ0n) is 16.9. The van der Waals surface area contributed by atoms with Crippen LogP contribution in [0.15, 0.2) is 29.5 Å². The zero-order valence-corrected chi connectivity index (χ0v) is 17.6. The normalized spacial score (nSPS) is 14.2. The third-order valence-electron chi connectivity index (χ3n) is 5.37. The van der Waals surface area contributed by atoms with Gasteiger partial charge in [0.1, 0.15) is 34.9 Å². The van der Waals surface area contributed by atoms with Crippen LogP contribution in [0, 0.1) is 23.1 Å². The van der Waals surface area contributed by atoms with Gasteiger partial charge >= 0.3 is 0 Å². The second kappa shape index (κ2) is 7.72. The molecule has 33 heavy (non-hydrogen) atoms. The van der Waals surface area contributed by atoms with E-state index in [9.17, 15) is 14.4 Å². The number of nitriles is 1. The molecular formula is C20H16ClFN10O. The molecule has 166 valence electrons. The lowest BCUT2D eigenvalue weighted by atomic mass is 10.1. The fourth-order valence-electron chi connectivity index (χ4n) is 3.72. The average molecular weight is 467 g/mol. The van der Waals surface area contributed by atoms with Crippen molar-refractivity contribution in [2.45, 2.75) is 18.9 Å². The van der Waals surface area contributed by atoms with Gasteiger partial charge in [-0.3, -0.25) is 4.79 Å². The van der Waals surface area contributed by atoms with Crippen molar-refractivity contribution >= 4 is 40.1 Å². The van der Waals surface area contributed by atoms with E-state index in [0.29, 0.717) is 5.82 Å². The summed E-state index contributed by atoms with van der Waals surface area (Å²) in [5, 5.41) is 12.7. The lowest BCUT2D eigenvalue weighted by molar-refractivity contribution is 0.604. The van der Waals surface area contributed by atoms with Crippen LogP contribution < -0.4 is 22.3 Å². The van der Waals surface area contributed by atoms with Crippen LogP contribution in [0.4, 0.5) is 22.0 Å². The second-order valence-electron chi connectivity index (χ2n) is 7.59. The third kappa shape index (κ3) is 3.58. The summed E-state index contributed by atoms with van der Waals surface area (Å²) in [4.78, 5) is 33.0. The number of nitrogens with one attached hydrogen (secondary N) is 2. The number of nitrogens with zero attached hydrogens (tertiary/aromatic N) is 6. The van der Waals surface area contributed by atoms with Crippen molar-refractivity contribution in [3.05, 3.63) is 57.2 Å². The highest BCUT2D eigenvalue weighted by molar-refractivity contribution is 6.35. The highest BCUT2D eigenvalue weighted by Gasteiger charge is 2.37. The number of aromatic nitrogens is 6. The van der Waals surface area contributed by atoms with Gasteiger partial charge in [0.05, 0.1) is 34.5 Å². The Kier molecular flexibility index (Phi) is 4.83. The molecule has 6 N–H and O–H groups in total. The van der Waals surface area contributed by atoms with Gasteiger partial charge in [-0.1, -0.05) is 11.6 Å². The Labute approximate surface area is 190 Å². The molecule has 0 amide bonds. The van der Waals surface area contributed by atoms with E-state index in [1.54, 1.807) is 0 Å². The van der Waals surface area contributed by atoms with Crippen LogP contribution in [0.3, 0.4) is 0 Å². The van der Waals surface area contributed by atoms with Crippen molar-refractivity contribution < 1.29 is 4.39 Å². The number of nitrogen functional groups attached to an aromatic ring is 2. The molecule has 1 atom stereocenters.